The molecule has 0 spiro atoms. The average molecular weight is 588 g/mol. The molecule has 0 bridgehead atoms. The van der Waals surface area contributed by atoms with Gasteiger partial charge in [0.05, 0.1) is 19.1 Å². The molecule has 3 aromatic carbocycles. The molecule has 0 aliphatic carbocycles. The number of carbonyl (C=O) groups excluding carboxylic acids is 2. The molecule has 11 heteroatoms. The van der Waals surface area contributed by atoms with Crippen LogP contribution in [0.1, 0.15) is 25.0 Å². The Morgan fingerprint density at radius 2 is 1.61 bits per heavy atom. The average Bonchev–Trinajstić information content (AvgIpc) is 2.93. The first-order chi connectivity index (χ1) is 19.4. The topological polar surface area (TPSA) is 96.0 Å². The number of anilines is 1. The second-order valence-electron chi connectivity index (χ2n) is 10.1. The molecule has 0 aliphatic rings. The zero-order chi connectivity index (χ0) is 30.2. The molecule has 0 fully saturated rings. The molecule has 3 aromatic rings. The minimum absolute atomic E-state index is 0.0436. The summed E-state index contributed by atoms with van der Waals surface area (Å²) in [7, 11) is -2.60. The predicted molar refractivity (Wildman–Crippen MR) is 154 cm³/mol. The summed E-state index contributed by atoms with van der Waals surface area (Å²) < 4.78 is 59.2. The number of benzene rings is 3. The Bertz CT molecular complexity index is 1450. The summed E-state index contributed by atoms with van der Waals surface area (Å²) in [5.41, 5.74) is 1.22. The van der Waals surface area contributed by atoms with Gasteiger partial charge in [0.1, 0.15) is 18.3 Å². The summed E-state index contributed by atoms with van der Waals surface area (Å²) in [5.74, 6) is -2.84. The van der Waals surface area contributed by atoms with Crippen LogP contribution in [0, 0.1) is 17.6 Å². The highest BCUT2D eigenvalue weighted by Crippen LogP contribution is 2.23. The summed E-state index contributed by atoms with van der Waals surface area (Å²) in [6.45, 7) is 3.47. The summed E-state index contributed by atoms with van der Waals surface area (Å²) >= 11 is 0. The highest BCUT2D eigenvalue weighted by molar-refractivity contribution is 7.92. The number of nitrogens with one attached hydrogen (secondary N) is 1. The third-order valence-corrected chi connectivity index (χ3v) is 7.45. The fourth-order valence-electron chi connectivity index (χ4n) is 4.20. The van der Waals surface area contributed by atoms with E-state index in [1.165, 1.54) is 12.0 Å². The lowest BCUT2D eigenvalue weighted by molar-refractivity contribution is -0.140. The molecule has 0 saturated carbocycles. The van der Waals surface area contributed by atoms with E-state index in [4.69, 9.17) is 4.74 Å². The molecule has 41 heavy (non-hydrogen) atoms. The van der Waals surface area contributed by atoms with E-state index in [1.807, 2.05) is 44.2 Å². The zero-order valence-electron chi connectivity index (χ0n) is 23.5. The first-order valence-corrected chi connectivity index (χ1v) is 14.9. The lowest BCUT2D eigenvalue weighted by Gasteiger charge is -2.33. The fraction of sp³-hybridized carbons (Fsp3) is 0.333. The van der Waals surface area contributed by atoms with Gasteiger partial charge in [-0.25, -0.2) is 17.2 Å². The van der Waals surface area contributed by atoms with Crippen molar-refractivity contribution in [1.82, 2.24) is 10.2 Å². The van der Waals surface area contributed by atoms with Gasteiger partial charge in [-0.2, -0.15) is 0 Å². The molecule has 0 aromatic heterocycles. The molecule has 8 nitrogen and oxygen atoms in total. The van der Waals surface area contributed by atoms with Crippen molar-refractivity contribution in [3.8, 4) is 5.75 Å². The smallest absolute Gasteiger partial charge is 0.244 e. The monoisotopic (exact) mass is 587 g/mol. The van der Waals surface area contributed by atoms with Crippen molar-refractivity contribution in [2.45, 2.75) is 32.9 Å². The predicted octanol–water partition coefficient (Wildman–Crippen LogP) is 4.15. The van der Waals surface area contributed by atoms with Crippen LogP contribution in [0.4, 0.5) is 14.5 Å². The Hall–Kier alpha value is -3.99. The van der Waals surface area contributed by atoms with E-state index in [-0.39, 0.29) is 24.6 Å². The van der Waals surface area contributed by atoms with Crippen LogP contribution in [0.5, 0.6) is 5.75 Å². The number of ether oxygens (including phenoxy) is 1. The molecule has 0 radical (unpaired) electrons. The van der Waals surface area contributed by atoms with E-state index in [2.05, 4.69) is 5.32 Å². The number of methoxy groups -OCH3 is 1. The third-order valence-electron chi connectivity index (χ3n) is 6.31. The number of hydrogen-bond donors (Lipinski definition) is 1. The number of hydrogen-bond acceptors (Lipinski definition) is 5. The molecule has 0 saturated heterocycles. The number of sulfonamides is 1. The summed E-state index contributed by atoms with van der Waals surface area (Å²) in [6.07, 6.45) is 1.02. The Kier molecular flexibility index (Phi) is 10.8. The third kappa shape index (κ3) is 9.01. The standard InChI is InChI=1S/C30H35F2N3O5S/c1-21(2)18-33-30(37)28(16-22-9-6-5-7-10-22)34(19-23-11-8-12-25(15-23)40-3)29(36)20-35(41(4,38)39)24-13-14-26(31)27(32)17-24/h5-15,17,21,28H,16,18-20H2,1-4H3,(H,33,37)/t28-/m0/s1. The van der Waals surface area contributed by atoms with E-state index in [9.17, 15) is 26.8 Å². The van der Waals surface area contributed by atoms with Crippen LogP contribution in [0.25, 0.3) is 0 Å². The molecule has 220 valence electrons. The van der Waals surface area contributed by atoms with Gasteiger partial charge in [0, 0.05) is 25.6 Å². The van der Waals surface area contributed by atoms with Crippen molar-refractivity contribution < 1.29 is 31.5 Å². The van der Waals surface area contributed by atoms with Crippen molar-refractivity contribution in [2.75, 3.05) is 30.8 Å². The maximum atomic E-state index is 14.1. The van der Waals surface area contributed by atoms with Crippen molar-refractivity contribution in [1.29, 1.82) is 0 Å². The SMILES string of the molecule is COc1cccc(CN(C(=O)CN(c2ccc(F)c(F)c2)S(C)(=O)=O)[C@@H](Cc2ccccc2)C(=O)NCC(C)C)c1. The fourth-order valence-corrected chi connectivity index (χ4v) is 5.04. The van der Waals surface area contributed by atoms with Gasteiger partial charge in [0.15, 0.2) is 11.6 Å². The van der Waals surface area contributed by atoms with Crippen LogP contribution in [-0.4, -0.2) is 57.6 Å². The summed E-state index contributed by atoms with van der Waals surface area (Å²) in [5, 5.41) is 2.89. The first kappa shape index (κ1) is 31.5. The van der Waals surface area contributed by atoms with Crippen molar-refractivity contribution in [3.05, 3.63) is 95.6 Å². The number of nitrogens with zero attached hydrogens (tertiary/aromatic N) is 2. The van der Waals surface area contributed by atoms with Gasteiger partial charge in [0.25, 0.3) is 0 Å². The van der Waals surface area contributed by atoms with E-state index >= 15 is 0 Å². The molecule has 0 aliphatic heterocycles. The molecule has 0 heterocycles. The van der Waals surface area contributed by atoms with Gasteiger partial charge in [-0.3, -0.25) is 13.9 Å². The van der Waals surface area contributed by atoms with Gasteiger partial charge in [0.2, 0.25) is 21.8 Å². The highest BCUT2D eigenvalue weighted by Gasteiger charge is 2.33. The number of amides is 2. The van der Waals surface area contributed by atoms with Gasteiger partial charge in [-0.15, -0.1) is 0 Å². The molecule has 0 unspecified atom stereocenters. The second-order valence-corrected chi connectivity index (χ2v) is 12.0. The van der Waals surface area contributed by atoms with E-state index in [0.717, 1.165) is 24.0 Å². The Labute approximate surface area is 240 Å². The van der Waals surface area contributed by atoms with Gasteiger partial charge in [-0.1, -0.05) is 56.3 Å². The first-order valence-electron chi connectivity index (χ1n) is 13.1. The summed E-state index contributed by atoms with van der Waals surface area (Å²) in [4.78, 5) is 28.9. The molecule has 1 N–H and O–H groups in total. The second kappa shape index (κ2) is 14.1. The maximum Gasteiger partial charge on any atom is 0.244 e. The van der Waals surface area contributed by atoms with Crippen LogP contribution in [0.2, 0.25) is 0 Å². The normalized spacial score (nSPS) is 12.1. The Morgan fingerprint density at radius 3 is 2.22 bits per heavy atom. The van der Waals surface area contributed by atoms with Crippen LogP contribution < -0.4 is 14.4 Å². The summed E-state index contributed by atoms with van der Waals surface area (Å²) in [6, 6.07) is 17.7. The van der Waals surface area contributed by atoms with E-state index in [1.54, 1.807) is 24.3 Å². The van der Waals surface area contributed by atoms with Crippen molar-refractivity contribution in [3.63, 3.8) is 0 Å². The van der Waals surface area contributed by atoms with Crippen LogP contribution in [0.3, 0.4) is 0 Å². The van der Waals surface area contributed by atoms with Crippen LogP contribution in [0.15, 0.2) is 72.8 Å². The van der Waals surface area contributed by atoms with Crippen molar-refractivity contribution >= 4 is 27.5 Å². The van der Waals surface area contributed by atoms with Gasteiger partial charge >= 0.3 is 0 Å². The van der Waals surface area contributed by atoms with Crippen LogP contribution in [-0.2, 0) is 32.6 Å². The zero-order valence-corrected chi connectivity index (χ0v) is 24.3. The van der Waals surface area contributed by atoms with Gasteiger partial charge < -0.3 is 15.0 Å². The lowest BCUT2D eigenvalue weighted by atomic mass is 10.0. The Morgan fingerprint density at radius 1 is 0.927 bits per heavy atom. The lowest BCUT2D eigenvalue weighted by Crippen LogP contribution is -2.53. The molecular weight excluding hydrogens is 552 g/mol. The quantitative estimate of drug-likeness (QED) is 0.324. The maximum absolute atomic E-state index is 14.1. The van der Waals surface area contributed by atoms with Gasteiger partial charge in [-0.05, 0) is 41.3 Å². The molecule has 3 rings (SSSR count). The number of halogens is 2. The Balaban J connectivity index is 2.07. The van der Waals surface area contributed by atoms with E-state index in [0.29, 0.717) is 28.2 Å². The highest BCUT2D eigenvalue weighted by atomic mass is 32.2. The molecular formula is C30H35F2N3O5S. The molecule has 2 amide bonds. The molecule has 1 atom stereocenters. The number of carbonyl (C=O) groups is 2. The minimum atomic E-state index is -4.11. The largest absolute Gasteiger partial charge is 0.497 e. The van der Waals surface area contributed by atoms with Crippen LogP contribution >= 0.6 is 0 Å². The van der Waals surface area contributed by atoms with E-state index < -0.39 is 46.1 Å². The number of rotatable bonds is 13. The van der Waals surface area contributed by atoms with Crippen molar-refractivity contribution in [2.24, 2.45) is 5.92 Å². The minimum Gasteiger partial charge on any atom is -0.497 e.